The Morgan fingerprint density at radius 1 is 0.778 bits per heavy atom. The molecule has 0 spiro atoms. The number of rotatable bonds is 5. The highest BCUT2D eigenvalue weighted by molar-refractivity contribution is 6.39. The summed E-state index contributed by atoms with van der Waals surface area (Å²) in [6.45, 7) is -0.116. The normalized spacial score (nSPS) is 9.61. The molecule has 0 radical (unpaired) electrons. The minimum absolute atomic E-state index is 0.116. The van der Waals surface area contributed by atoms with Gasteiger partial charge in [-0.1, -0.05) is 0 Å². The van der Waals surface area contributed by atoms with E-state index in [1.54, 1.807) is 14.1 Å². The van der Waals surface area contributed by atoms with Gasteiger partial charge in [-0.05, 0) is 0 Å². The lowest BCUT2D eigenvalue weighted by Gasteiger charge is -2.19. The van der Waals surface area contributed by atoms with E-state index in [1.807, 2.05) is 0 Å². The van der Waals surface area contributed by atoms with Gasteiger partial charge in [-0.25, -0.2) is 0 Å². The number of hydrogen-bond donors (Lipinski definition) is 0. The number of Topliss-reactive ketones (excluding diaryl/α,β-unsaturated/α-hetero) is 1. The highest BCUT2D eigenvalue weighted by atomic mass is 16.2. The zero-order valence-electron chi connectivity index (χ0n) is 11.4. The molecule has 0 atom stereocenters. The summed E-state index contributed by atoms with van der Waals surface area (Å²) < 4.78 is 0. The number of amides is 3. The van der Waals surface area contributed by atoms with Gasteiger partial charge in [-0.3, -0.25) is 19.2 Å². The molecular weight excluding hydrogens is 238 g/mol. The van der Waals surface area contributed by atoms with Crippen LogP contribution in [0.5, 0.6) is 0 Å². The maximum absolute atomic E-state index is 11.6. The molecule has 0 N–H and O–H groups in total. The molecule has 0 aliphatic carbocycles. The zero-order chi connectivity index (χ0) is 14.5. The van der Waals surface area contributed by atoms with Gasteiger partial charge in [-0.2, -0.15) is 0 Å². The first-order valence-corrected chi connectivity index (χ1v) is 5.35. The third kappa shape index (κ3) is 4.94. The first kappa shape index (κ1) is 16.1. The predicted octanol–water partition coefficient (Wildman–Crippen LogP) is -1.42. The van der Waals surface area contributed by atoms with Crippen LogP contribution >= 0.6 is 0 Å². The molecule has 0 aliphatic rings. The highest BCUT2D eigenvalue weighted by Gasteiger charge is 2.22. The number of carbonyl (C=O) groups is 4. The van der Waals surface area contributed by atoms with Gasteiger partial charge in [0.25, 0.3) is 5.91 Å². The number of likely N-dealkylation sites (N-methyl/N-ethyl adjacent to an activating group) is 3. The topological polar surface area (TPSA) is 78.0 Å². The lowest BCUT2D eigenvalue weighted by atomic mass is 10.2. The number of carbonyl (C=O) groups excluding carboxylic acids is 4. The average Bonchev–Trinajstić information content (AvgIpc) is 2.26. The summed E-state index contributed by atoms with van der Waals surface area (Å²) in [5, 5.41) is 0. The molecule has 18 heavy (non-hydrogen) atoms. The van der Waals surface area contributed by atoms with E-state index in [0.29, 0.717) is 0 Å². The van der Waals surface area contributed by atoms with Crippen molar-refractivity contribution in [1.82, 2.24) is 14.7 Å². The Morgan fingerprint density at radius 3 is 1.67 bits per heavy atom. The Labute approximate surface area is 106 Å². The number of ketones is 1. The molecule has 7 nitrogen and oxygen atoms in total. The molecule has 102 valence electrons. The van der Waals surface area contributed by atoms with Crippen molar-refractivity contribution in [1.29, 1.82) is 0 Å². The third-order valence-electron chi connectivity index (χ3n) is 2.25. The van der Waals surface area contributed by atoms with Gasteiger partial charge >= 0.3 is 0 Å². The fourth-order valence-corrected chi connectivity index (χ4v) is 1.03. The smallest absolute Gasteiger partial charge is 0.289 e. The van der Waals surface area contributed by atoms with E-state index in [2.05, 4.69) is 0 Å². The maximum atomic E-state index is 11.6. The van der Waals surface area contributed by atoms with Crippen LogP contribution in [0.1, 0.15) is 6.42 Å². The first-order chi connectivity index (χ1) is 8.16. The Morgan fingerprint density at radius 2 is 1.28 bits per heavy atom. The van der Waals surface area contributed by atoms with Gasteiger partial charge in [0.05, 0.1) is 13.0 Å². The molecule has 0 rings (SSSR count). The molecule has 0 unspecified atom stereocenters. The molecule has 0 aromatic rings. The second-order valence-corrected chi connectivity index (χ2v) is 4.34. The van der Waals surface area contributed by atoms with E-state index in [0.717, 1.165) is 9.80 Å². The molecule has 0 aliphatic heterocycles. The summed E-state index contributed by atoms with van der Waals surface area (Å²) in [5.74, 6) is -2.31. The van der Waals surface area contributed by atoms with Gasteiger partial charge < -0.3 is 14.7 Å². The second kappa shape index (κ2) is 6.73. The SMILES string of the molecule is CN(C)C(=O)CN(C)C(=O)CC(=O)C(=O)N(C)C. The van der Waals surface area contributed by atoms with Gasteiger partial charge in [0.1, 0.15) is 0 Å². The number of nitrogens with zero attached hydrogens (tertiary/aromatic N) is 3. The molecule has 0 saturated heterocycles. The Hall–Kier alpha value is -1.92. The van der Waals surface area contributed by atoms with Crippen molar-refractivity contribution in [2.75, 3.05) is 41.8 Å². The molecule has 3 amide bonds. The van der Waals surface area contributed by atoms with Crippen molar-refractivity contribution in [3.05, 3.63) is 0 Å². The molecule has 0 heterocycles. The summed E-state index contributed by atoms with van der Waals surface area (Å²) in [6.07, 6.45) is -0.520. The molecule has 0 bridgehead atoms. The van der Waals surface area contributed by atoms with Crippen LogP contribution in [0.3, 0.4) is 0 Å². The lowest BCUT2D eigenvalue weighted by Crippen LogP contribution is -2.40. The van der Waals surface area contributed by atoms with Crippen molar-refractivity contribution in [2.24, 2.45) is 0 Å². The van der Waals surface area contributed by atoms with Crippen LogP contribution in [0.2, 0.25) is 0 Å². The fraction of sp³-hybridized carbons (Fsp3) is 0.636. The minimum Gasteiger partial charge on any atom is -0.347 e. The average molecular weight is 257 g/mol. The van der Waals surface area contributed by atoms with Crippen molar-refractivity contribution in [2.45, 2.75) is 6.42 Å². The van der Waals surface area contributed by atoms with E-state index >= 15 is 0 Å². The van der Waals surface area contributed by atoms with Crippen LogP contribution in [-0.4, -0.2) is 80.0 Å². The van der Waals surface area contributed by atoms with Crippen molar-refractivity contribution < 1.29 is 19.2 Å². The van der Waals surface area contributed by atoms with Gasteiger partial charge in [-0.15, -0.1) is 0 Å². The monoisotopic (exact) mass is 257 g/mol. The first-order valence-electron chi connectivity index (χ1n) is 5.35. The van der Waals surface area contributed by atoms with Crippen LogP contribution in [0, 0.1) is 0 Å². The summed E-state index contributed by atoms with van der Waals surface area (Å²) >= 11 is 0. The van der Waals surface area contributed by atoms with Gasteiger partial charge in [0.2, 0.25) is 17.6 Å². The van der Waals surface area contributed by atoms with Crippen LogP contribution in [-0.2, 0) is 19.2 Å². The lowest BCUT2D eigenvalue weighted by molar-refractivity contribution is -0.147. The van der Waals surface area contributed by atoms with Crippen LogP contribution in [0.25, 0.3) is 0 Å². The van der Waals surface area contributed by atoms with Crippen molar-refractivity contribution in [3.63, 3.8) is 0 Å². The summed E-state index contributed by atoms with van der Waals surface area (Å²) in [5.41, 5.74) is 0. The van der Waals surface area contributed by atoms with Crippen LogP contribution < -0.4 is 0 Å². The highest BCUT2D eigenvalue weighted by Crippen LogP contribution is 1.96. The predicted molar refractivity (Wildman–Crippen MR) is 64.6 cm³/mol. The third-order valence-corrected chi connectivity index (χ3v) is 2.25. The van der Waals surface area contributed by atoms with Gasteiger partial charge in [0.15, 0.2) is 0 Å². The maximum Gasteiger partial charge on any atom is 0.289 e. The molecule has 0 fully saturated rings. The van der Waals surface area contributed by atoms with Crippen LogP contribution in [0.15, 0.2) is 0 Å². The summed E-state index contributed by atoms with van der Waals surface area (Å²) in [6, 6.07) is 0. The Kier molecular flexibility index (Phi) is 6.01. The zero-order valence-corrected chi connectivity index (χ0v) is 11.4. The van der Waals surface area contributed by atoms with Crippen molar-refractivity contribution >= 4 is 23.5 Å². The van der Waals surface area contributed by atoms with E-state index in [-0.39, 0.29) is 12.5 Å². The molecule has 0 saturated carbocycles. The minimum atomic E-state index is -0.783. The molecule has 7 heteroatoms. The molecule has 0 aromatic heterocycles. The second-order valence-electron chi connectivity index (χ2n) is 4.34. The van der Waals surface area contributed by atoms with Gasteiger partial charge in [0, 0.05) is 35.2 Å². The van der Waals surface area contributed by atoms with Crippen LogP contribution in [0.4, 0.5) is 0 Å². The molecular formula is C11H19N3O4. The number of hydrogen-bond acceptors (Lipinski definition) is 4. The summed E-state index contributed by atoms with van der Waals surface area (Å²) in [4.78, 5) is 49.2. The summed E-state index contributed by atoms with van der Waals surface area (Å²) in [7, 11) is 7.42. The fourth-order valence-electron chi connectivity index (χ4n) is 1.03. The van der Waals surface area contributed by atoms with E-state index < -0.39 is 24.0 Å². The Bertz CT molecular complexity index is 363. The van der Waals surface area contributed by atoms with E-state index in [1.165, 1.54) is 26.0 Å². The molecule has 0 aromatic carbocycles. The standard InChI is InChI=1S/C11H19N3O4/c1-12(2)10(17)7-14(5)9(16)6-8(15)11(18)13(3)4/h6-7H2,1-5H3. The quantitative estimate of drug-likeness (QED) is 0.447. The van der Waals surface area contributed by atoms with E-state index in [9.17, 15) is 19.2 Å². The van der Waals surface area contributed by atoms with E-state index in [4.69, 9.17) is 0 Å². The Balaban J connectivity index is 4.37. The largest absolute Gasteiger partial charge is 0.347 e. The van der Waals surface area contributed by atoms with Crippen molar-refractivity contribution in [3.8, 4) is 0 Å².